The Labute approximate surface area is 135 Å². The van der Waals surface area contributed by atoms with Gasteiger partial charge in [-0.15, -0.1) is 0 Å². The number of benzene rings is 1. The monoisotopic (exact) mass is 309 g/mol. The van der Waals surface area contributed by atoms with Crippen LogP contribution in [-0.4, -0.2) is 16.8 Å². The van der Waals surface area contributed by atoms with E-state index in [0.717, 1.165) is 30.8 Å². The minimum absolute atomic E-state index is 0.0966. The zero-order valence-corrected chi connectivity index (χ0v) is 13.3. The molecule has 0 atom stereocenters. The molecule has 0 aliphatic carbocycles. The van der Waals surface area contributed by atoms with Gasteiger partial charge in [-0.2, -0.15) is 10.4 Å². The number of nitriles is 1. The zero-order chi connectivity index (χ0) is 16.7. The lowest BCUT2D eigenvalue weighted by atomic mass is 10.1. The molecule has 0 radical (unpaired) electrons. The molecule has 1 aromatic carbocycles. The number of hydrogen-bond acceptors (Lipinski definition) is 4. The summed E-state index contributed by atoms with van der Waals surface area (Å²) >= 11 is 0. The summed E-state index contributed by atoms with van der Waals surface area (Å²) < 4.78 is 5.61. The van der Waals surface area contributed by atoms with Gasteiger partial charge in [-0.05, 0) is 42.7 Å². The van der Waals surface area contributed by atoms with Crippen LogP contribution in [0.15, 0.2) is 29.1 Å². The Hall–Kier alpha value is -2.87. The zero-order valence-electron chi connectivity index (χ0n) is 13.3. The topological polar surface area (TPSA) is 78.8 Å². The van der Waals surface area contributed by atoms with E-state index in [1.54, 1.807) is 13.0 Å². The first kappa shape index (κ1) is 16.5. The average Bonchev–Trinajstić information content (AvgIpc) is 2.56. The van der Waals surface area contributed by atoms with Crippen molar-refractivity contribution in [3.8, 4) is 11.8 Å². The summed E-state index contributed by atoms with van der Waals surface area (Å²) in [5.41, 5.74) is 1.77. The van der Waals surface area contributed by atoms with Gasteiger partial charge in [0.1, 0.15) is 17.4 Å². The molecule has 0 aliphatic rings. The van der Waals surface area contributed by atoms with Crippen molar-refractivity contribution in [3.63, 3.8) is 0 Å². The second-order valence-corrected chi connectivity index (χ2v) is 5.15. The van der Waals surface area contributed by atoms with Crippen LogP contribution in [0.3, 0.4) is 0 Å². The fourth-order valence-electron chi connectivity index (χ4n) is 2.03. The number of H-pyrrole nitrogens is 1. The highest BCUT2D eigenvalue weighted by molar-refractivity contribution is 5.70. The number of hydrogen-bond donors (Lipinski definition) is 1. The van der Waals surface area contributed by atoms with Crippen molar-refractivity contribution in [1.29, 1.82) is 5.26 Å². The van der Waals surface area contributed by atoms with Crippen LogP contribution in [0, 0.1) is 18.3 Å². The smallest absolute Gasteiger partial charge is 0.282 e. The van der Waals surface area contributed by atoms with Crippen molar-refractivity contribution in [2.75, 3.05) is 6.61 Å². The van der Waals surface area contributed by atoms with Crippen molar-refractivity contribution < 1.29 is 4.74 Å². The lowest BCUT2D eigenvalue weighted by Gasteiger charge is -2.05. The van der Waals surface area contributed by atoms with Gasteiger partial charge in [0, 0.05) is 0 Å². The minimum atomic E-state index is -0.462. The van der Waals surface area contributed by atoms with Gasteiger partial charge < -0.3 is 4.74 Å². The first-order valence-corrected chi connectivity index (χ1v) is 7.56. The van der Waals surface area contributed by atoms with Gasteiger partial charge in [0.2, 0.25) is 0 Å². The van der Waals surface area contributed by atoms with Crippen molar-refractivity contribution in [2.24, 2.45) is 0 Å². The number of ether oxygens (including phenoxy) is 1. The van der Waals surface area contributed by atoms with Crippen molar-refractivity contribution >= 4 is 12.2 Å². The number of nitrogens with one attached hydrogen (secondary N) is 1. The maximum atomic E-state index is 11.5. The third-order valence-corrected chi connectivity index (χ3v) is 3.46. The summed E-state index contributed by atoms with van der Waals surface area (Å²) in [5.74, 6) is 0.848. The van der Waals surface area contributed by atoms with E-state index >= 15 is 0 Å². The maximum Gasteiger partial charge on any atom is 0.282 e. The number of unbranched alkanes of at least 4 members (excludes halogenated alkanes) is 1. The third-order valence-electron chi connectivity index (χ3n) is 3.46. The largest absolute Gasteiger partial charge is 0.494 e. The maximum absolute atomic E-state index is 11.5. The summed E-state index contributed by atoms with van der Waals surface area (Å²) in [5, 5.41) is 15.3. The predicted octanol–water partition coefficient (Wildman–Crippen LogP) is 3.30. The minimum Gasteiger partial charge on any atom is -0.494 e. The fourth-order valence-corrected chi connectivity index (χ4v) is 2.03. The van der Waals surface area contributed by atoms with Gasteiger partial charge in [0.05, 0.1) is 12.3 Å². The van der Waals surface area contributed by atoms with Crippen LogP contribution in [0.2, 0.25) is 0 Å². The second kappa shape index (κ2) is 7.95. The molecule has 0 bridgehead atoms. The fraction of sp³-hybridized carbons (Fsp3) is 0.278. The van der Waals surface area contributed by atoms with Crippen LogP contribution in [0.25, 0.3) is 12.2 Å². The molecule has 0 unspecified atom stereocenters. The molecule has 0 fully saturated rings. The van der Waals surface area contributed by atoms with E-state index in [-0.39, 0.29) is 5.56 Å². The molecule has 1 heterocycles. The lowest BCUT2D eigenvalue weighted by Crippen LogP contribution is -2.15. The van der Waals surface area contributed by atoms with E-state index in [1.807, 2.05) is 36.4 Å². The van der Waals surface area contributed by atoms with Gasteiger partial charge in [-0.25, -0.2) is 5.10 Å². The number of aromatic nitrogens is 2. The van der Waals surface area contributed by atoms with E-state index in [4.69, 9.17) is 10.00 Å². The SMILES string of the molecule is CCCCOc1ccc(/C=C/c2n[nH]c(=O)c(C#N)c2C)cc1. The summed E-state index contributed by atoms with van der Waals surface area (Å²) in [6, 6.07) is 9.64. The molecule has 0 saturated carbocycles. The quantitative estimate of drug-likeness (QED) is 0.830. The van der Waals surface area contributed by atoms with E-state index in [1.165, 1.54) is 0 Å². The number of rotatable bonds is 6. The van der Waals surface area contributed by atoms with Crippen LogP contribution < -0.4 is 10.3 Å². The number of aromatic amines is 1. The molecule has 2 rings (SSSR count). The summed E-state index contributed by atoms with van der Waals surface area (Å²) in [6.07, 6.45) is 5.81. The highest BCUT2D eigenvalue weighted by Gasteiger charge is 2.07. The Kier molecular flexibility index (Phi) is 5.70. The summed E-state index contributed by atoms with van der Waals surface area (Å²) in [6.45, 7) is 4.57. The van der Waals surface area contributed by atoms with E-state index < -0.39 is 5.56 Å². The molecule has 23 heavy (non-hydrogen) atoms. The van der Waals surface area contributed by atoms with Crippen LogP contribution in [0.4, 0.5) is 0 Å². The molecular weight excluding hydrogens is 290 g/mol. The second-order valence-electron chi connectivity index (χ2n) is 5.15. The van der Waals surface area contributed by atoms with E-state index in [9.17, 15) is 4.79 Å². The van der Waals surface area contributed by atoms with Crippen LogP contribution in [0.1, 0.15) is 42.1 Å². The Morgan fingerprint density at radius 3 is 2.70 bits per heavy atom. The normalized spacial score (nSPS) is 10.7. The van der Waals surface area contributed by atoms with Crippen LogP contribution in [-0.2, 0) is 0 Å². The molecule has 1 N–H and O–H groups in total. The van der Waals surface area contributed by atoms with Gasteiger partial charge >= 0.3 is 0 Å². The van der Waals surface area contributed by atoms with Gasteiger partial charge in [-0.3, -0.25) is 4.79 Å². The molecule has 0 aliphatic heterocycles. The molecule has 1 aromatic heterocycles. The molecule has 118 valence electrons. The molecule has 5 nitrogen and oxygen atoms in total. The van der Waals surface area contributed by atoms with E-state index in [2.05, 4.69) is 17.1 Å². The Morgan fingerprint density at radius 1 is 1.30 bits per heavy atom. The molecule has 5 heteroatoms. The Bertz CT molecular complexity index is 783. The highest BCUT2D eigenvalue weighted by atomic mass is 16.5. The first-order chi connectivity index (χ1) is 11.2. The Morgan fingerprint density at radius 2 is 2.04 bits per heavy atom. The van der Waals surface area contributed by atoms with Gasteiger partial charge in [0.15, 0.2) is 0 Å². The average molecular weight is 309 g/mol. The Balaban J connectivity index is 2.12. The number of nitrogens with zero attached hydrogens (tertiary/aromatic N) is 2. The molecular formula is C18H19N3O2. The van der Waals surface area contributed by atoms with Gasteiger partial charge in [-0.1, -0.05) is 31.6 Å². The third kappa shape index (κ3) is 4.30. The van der Waals surface area contributed by atoms with Crippen LogP contribution >= 0.6 is 0 Å². The van der Waals surface area contributed by atoms with Crippen molar-refractivity contribution in [3.05, 3.63) is 57.0 Å². The molecule has 0 saturated heterocycles. The standard InChI is InChI=1S/C18H19N3O2/c1-3-4-11-23-15-8-5-14(6-9-15)7-10-17-13(2)16(12-19)18(22)21-20-17/h5-10H,3-4,11H2,1-2H3,(H,21,22)/b10-7+. The highest BCUT2D eigenvalue weighted by Crippen LogP contribution is 2.15. The first-order valence-electron chi connectivity index (χ1n) is 7.56. The molecule has 0 amide bonds. The van der Waals surface area contributed by atoms with Crippen LogP contribution in [0.5, 0.6) is 5.75 Å². The molecule has 2 aromatic rings. The van der Waals surface area contributed by atoms with Crippen molar-refractivity contribution in [1.82, 2.24) is 10.2 Å². The summed E-state index contributed by atoms with van der Waals surface area (Å²) in [4.78, 5) is 11.5. The predicted molar refractivity (Wildman–Crippen MR) is 90.1 cm³/mol. The lowest BCUT2D eigenvalue weighted by molar-refractivity contribution is 0.309. The molecule has 0 spiro atoms. The van der Waals surface area contributed by atoms with Gasteiger partial charge in [0.25, 0.3) is 5.56 Å². The summed E-state index contributed by atoms with van der Waals surface area (Å²) in [7, 11) is 0. The van der Waals surface area contributed by atoms with E-state index in [0.29, 0.717) is 11.3 Å². The van der Waals surface area contributed by atoms with Crippen molar-refractivity contribution in [2.45, 2.75) is 26.7 Å².